The fourth-order valence-electron chi connectivity index (χ4n) is 1.91. The van der Waals surface area contributed by atoms with Crippen LogP contribution in [0.4, 0.5) is 0 Å². The summed E-state index contributed by atoms with van der Waals surface area (Å²) in [4.78, 5) is 0.167. The predicted octanol–water partition coefficient (Wildman–Crippen LogP) is 2.01. The van der Waals surface area contributed by atoms with Crippen LogP contribution >= 0.6 is 35.6 Å². The summed E-state index contributed by atoms with van der Waals surface area (Å²) in [6, 6.07) is 4.52. The van der Waals surface area contributed by atoms with E-state index in [1.54, 1.807) is 6.07 Å². The first-order valence-corrected chi connectivity index (χ1v) is 9.49. The number of hydrogen-bond acceptors (Lipinski definition) is 4. The summed E-state index contributed by atoms with van der Waals surface area (Å²) < 4.78 is 27.2. The number of rotatable bonds is 5. The minimum absolute atomic E-state index is 0.0233. The molecule has 1 aliphatic rings. The van der Waals surface area contributed by atoms with Crippen LogP contribution in [0.3, 0.4) is 0 Å². The molecule has 1 unspecified atom stereocenters. The lowest BCUT2D eigenvalue weighted by atomic mass is 10.1. The average molecular weight is 351 g/mol. The van der Waals surface area contributed by atoms with E-state index in [1.807, 2.05) is 11.8 Å². The highest BCUT2D eigenvalue weighted by atomic mass is 35.5. The van der Waals surface area contributed by atoms with E-state index >= 15 is 0 Å². The van der Waals surface area contributed by atoms with Gasteiger partial charge in [-0.1, -0.05) is 29.9 Å². The number of nitrogens with one attached hydrogen (secondary N) is 1. The maximum atomic E-state index is 12.3. The second-order valence-electron chi connectivity index (χ2n) is 4.59. The van der Waals surface area contributed by atoms with E-state index < -0.39 is 10.0 Å². The van der Waals surface area contributed by atoms with Crippen LogP contribution in [0.15, 0.2) is 23.1 Å². The Morgan fingerprint density at radius 3 is 2.90 bits per heavy atom. The quantitative estimate of drug-likeness (QED) is 0.795. The van der Waals surface area contributed by atoms with Gasteiger partial charge < -0.3 is 5.73 Å². The standard InChI is InChI=1S/C12H15ClN2O2S3/c13-10-2-1-9(12(14)18)5-11(10)20(16,17)15-6-8-3-4-19-7-8/h1-2,5,8,15H,3-4,6-7H2,(H2,14,18). The molecule has 8 heteroatoms. The number of nitrogens with two attached hydrogens (primary N) is 1. The largest absolute Gasteiger partial charge is 0.389 e. The lowest BCUT2D eigenvalue weighted by Gasteiger charge is -2.12. The average Bonchev–Trinajstić information content (AvgIpc) is 2.89. The maximum absolute atomic E-state index is 12.3. The van der Waals surface area contributed by atoms with Crippen molar-refractivity contribution in [3.05, 3.63) is 28.8 Å². The van der Waals surface area contributed by atoms with Gasteiger partial charge in [0.15, 0.2) is 0 Å². The summed E-state index contributed by atoms with van der Waals surface area (Å²) in [5.41, 5.74) is 6.01. The van der Waals surface area contributed by atoms with Crippen molar-refractivity contribution >= 4 is 50.6 Å². The molecule has 0 bridgehead atoms. The van der Waals surface area contributed by atoms with Gasteiger partial charge in [0.05, 0.1) is 5.02 Å². The minimum atomic E-state index is -3.64. The van der Waals surface area contributed by atoms with Crippen molar-refractivity contribution in [2.45, 2.75) is 11.3 Å². The highest BCUT2D eigenvalue weighted by Gasteiger charge is 2.22. The molecule has 0 amide bonds. The molecule has 0 aliphatic carbocycles. The maximum Gasteiger partial charge on any atom is 0.242 e. The number of thiocarbonyl (C=S) groups is 1. The van der Waals surface area contributed by atoms with Gasteiger partial charge >= 0.3 is 0 Å². The summed E-state index contributed by atoms with van der Waals surface area (Å²) in [7, 11) is -3.64. The Kier molecular flexibility index (Phi) is 5.30. The molecule has 1 heterocycles. The first-order valence-electron chi connectivity index (χ1n) is 6.07. The van der Waals surface area contributed by atoms with Crippen LogP contribution < -0.4 is 10.5 Å². The van der Waals surface area contributed by atoms with E-state index in [0.29, 0.717) is 18.0 Å². The number of benzene rings is 1. The highest BCUT2D eigenvalue weighted by molar-refractivity contribution is 7.99. The summed E-state index contributed by atoms with van der Waals surface area (Å²) >= 11 is 12.7. The van der Waals surface area contributed by atoms with Crippen molar-refractivity contribution in [1.82, 2.24) is 4.72 Å². The monoisotopic (exact) mass is 350 g/mol. The summed E-state index contributed by atoms with van der Waals surface area (Å²) in [6.07, 6.45) is 1.04. The first-order chi connectivity index (χ1) is 9.40. The van der Waals surface area contributed by atoms with E-state index in [-0.39, 0.29) is 14.9 Å². The van der Waals surface area contributed by atoms with Crippen LogP contribution in [-0.2, 0) is 10.0 Å². The van der Waals surface area contributed by atoms with Crippen LogP contribution in [0.2, 0.25) is 5.02 Å². The zero-order valence-corrected chi connectivity index (χ0v) is 13.8. The molecule has 110 valence electrons. The van der Waals surface area contributed by atoms with Gasteiger partial charge in [-0.2, -0.15) is 11.8 Å². The Morgan fingerprint density at radius 2 is 2.30 bits per heavy atom. The highest BCUT2D eigenvalue weighted by Crippen LogP contribution is 2.25. The van der Waals surface area contributed by atoms with Crippen molar-refractivity contribution in [3.8, 4) is 0 Å². The van der Waals surface area contributed by atoms with Crippen molar-refractivity contribution < 1.29 is 8.42 Å². The fourth-order valence-corrected chi connectivity index (χ4v) is 4.96. The van der Waals surface area contributed by atoms with Gasteiger partial charge in [0.25, 0.3) is 0 Å². The molecule has 20 heavy (non-hydrogen) atoms. The molecule has 4 nitrogen and oxygen atoms in total. The second-order valence-corrected chi connectivity index (χ2v) is 8.32. The Hall–Kier alpha value is -0.340. The molecule has 1 aromatic carbocycles. The zero-order chi connectivity index (χ0) is 14.8. The third-order valence-electron chi connectivity index (χ3n) is 3.09. The molecule has 2 rings (SSSR count). The van der Waals surface area contributed by atoms with Gasteiger partial charge in [-0.15, -0.1) is 0 Å². The normalized spacial score (nSPS) is 19.1. The molecule has 0 radical (unpaired) electrons. The van der Waals surface area contributed by atoms with Gasteiger partial charge in [-0.05, 0) is 36.0 Å². The van der Waals surface area contributed by atoms with Gasteiger partial charge in [-0.3, -0.25) is 0 Å². The van der Waals surface area contributed by atoms with E-state index in [9.17, 15) is 8.42 Å². The molecule has 3 N–H and O–H groups in total. The molecule has 1 fully saturated rings. The Morgan fingerprint density at radius 1 is 1.55 bits per heavy atom. The van der Waals surface area contributed by atoms with Crippen LogP contribution in [0.1, 0.15) is 12.0 Å². The fraction of sp³-hybridized carbons (Fsp3) is 0.417. The van der Waals surface area contributed by atoms with E-state index in [2.05, 4.69) is 4.72 Å². The van der Waals surface area contributed by atoms with Crippen molar-refractivity contribution in [3.63, 3.8) is 0 Å². The van der Waals surface area contributed by atoms with E-state index in [0.717, 1.165) is 17.9 Å². The topological polar surface area (TPSA) is 72.2 Å². The Bertz CT molecular complexity index is 613. The summed E-state index contributed by atoms with van der Waals surface area (Å²) in [5.74, 6) is 2.46. The van der Waals surface area contributed by atoms with Crippen LogP contribution in [0.5, 0.6) is 0 Å². The number of sulfonamides is 1. The third kappa shape index (κ3) is 3.85. The van der Waals surface area contributed by atoms with Gasteiger partial charge in [-0.25, -0.2) is 13.1 Å². The Labute approximate surface area is 133 Å². The molecular formula is C12H15ClN2O2S3. The number of thioether (sulfide) groups is 1. The molecule has 0 saturated carbocycles. The SMILES string of the molecule is NC(=S)c1ccc(Cl)c(S(=O)(=O)NCC2CCSC2)c1. The lowest BCUT2D eigenvalue weighted by molar-refractivity contribution is 0.546. The smallest absolute Gasteiger partial charge is 0.242 e. The molecule has 1 atom stereocenters. The number of halogens is 1. The second kappa shape index (κ2) is 6.62. The van der Waals surface area contributed by atoms with Crippen molar-refractivity contribution in [1.29, 1.82) is 0 Å². The number of hydrogen-bond donors (Lipinski definition) is 2. The van der Waals surface area contributed by atoms with Crippen molar-refractivity contribution in [2.75, 3.05) is 18.1 Å². The Balaban J connectivity index is 2.19. The van der Waals surface area contributed by atoms with E-state index in [4.69, 9.17) is 29.6 Å². The van der Waals surface area contributed by atoms with Crippen LogP contribution in [-0.4, -0.2) is 31.5 Å². The molecule has 1 saturated heterocycles. The lowest BCUT2D eigenvalue weighted by Crippen LogP contribution is -2.29. The minimum Gasteiger partial charge on any atom is -0.389 e. The van der Waals surface area contributed by atoms with Crippen molar-refractivity contribution in [2.24, 2.45) is 11.7 Å². The summed E-state index contributed by atoms with van der Waals surface area (Å²) in [5, 5.41) is 0.165. The van der Waals surface area contributed by atoms with Gasteiger partial charge in [0, 0.05) is 12.1 Å². The molecule has 0 aromatic heterocycles. The van der Waals surface area contributed by atoms with Gasteiger partial charge in [0.1, 0.15) is 9.88 Å². The molecular weight excluding hydrogens is 336 g/mol. The third-order valence-corrected chi connectivity index (χ3v) is 6.46. The predicted molar refractivity (Wildman–Crippen MR) is 88.0 cm³/mol. The molecule has 0 spiro atoms. The van der Waals surface area contributed by atoms with Crippen LogP contribution in [0.25, 0.3) is 0 Å². The molecule has 1 aliphatic heterocycles. The molecule has 1 aromatic rings. The van der Waals surface area contributed by atoms with E-state index in [1.165, 1.54) is 12.1 Å². The van der Waals surface area contributed by atoms with Gasteiger partial charge in [0.2, 0.25) is 10.0 Å². The summed E-state index contributed by atoms with van der Waals surface area (Å²) in [6.45, 7) is 0.433. The van der Waals surface area contributed by atoms with Crippen LogP contribution in [0, 0.1) is 5.92 Å². The first kappa shape index (κ1) is 16.0. The zero-order valence-electron chi connectivity index (χ0n) is 10.6.